The monoisotopic (exact) mass is 286 g/mol. The van der Waals surface area contributed by atoms with Gasteiger partial charge in [-0.05, 0) is 6.92 Å². The molecule has 6 nitrogen and oxygen atoms in total. The minimum absolute atomic E-state index is 0.00555. The number of halogens is 1. The Morgan fingerprint density at radius 1 is 1.63 bits per heavy atom. The Kier molecular flexibility index (Phi) is 4.44. The molecule has 0 radical (unpaired) electrons. The lowest BCUT2D eigenvalue weighted by atomic mass is 10.2. The van der Waals surface area contributed by atoms with E-state index in [1.54, 1.807) is 19.0 Å². The Hall–Kier alpha value is -1.11. The van der Waals surface area contributed by atoms with Crippen LogP contribution in [0, 0.1) is 6.92 Å². The fourth-order valence-corrected chi connectivity index (χ4v) is 2.21. The van der Waals surface area contributed by atoms with Gasteiger partial charge in [0.1, 0.15) is 6.10 Å². The van der Waals surface area contributed by atoms with Crippen molar-refractivity contribution in [1.29, 1.82) is 0 Å². The lowest BCUT2D eigenvalue weighted by molar-refractivity contribution is -0.147. The van der Waals surface area contributed by atoms with Crippen LogP contribution in [0.5, 0.6) is 0 Å². The molecule has 19 heavy (non-hydrogen) atoms. The second-order valence-electron chi connectivity index (χ2n) is 4.94. The summed E-state index contributed by atoms with van der Waals surface area (Å²) in [5.41, 5.74) is 1.68. The number of hydrogen-bond acceptors (Lipinski definition) is 4. The van der Waals surface area contributed by atoms with Crippen LogP contribution < -0.4 is 0 Å². The number of likely N-dealkylation sites (N-methyl/N-ethyl adjacent to an activating group) is 1. The normalized spacial score (nSPS) is 20.5. The van der Waals surface area contributed by atoms with E-state index >= 15 is 0 Å². The summed E-state index contributed by atoms with van der Waals surface area (Å²) in [7, 11) is 3.47. The largest absolute Gasteiger partial charge is 0.366 e. The average molecular weight is 287 g/mol. The highest BCUT2D eigenvalue weighted by atomic mass is 35.5. The summed E-state index contributed by atoms with van der Waals surface area (Å²) >= 11 is 6.15. The van der Waals surface area contributed by atoms with E-state index in [1.165, 1.54) is 0 Å². The Morgan fingerprint density at radius 2 is 2.37 bits per heavy atom. The molecule has 0 spiro atoms. The number of aryl methyl sites for hydroxylation is 1. The number of H-pyrrole nitrogens is 1. The molecule has 1 atom stereocenters. The number of nitrogens with zero attached hydrogens (tertiary/aromatic N) is 3. The molecule has 0 aliphatic carbocycles. The molecule has 1 N–H and O–H groups in total. The van der Waals surface area contributed by atoms with Crippen LogP contribution in [0.4, 0.5) is 0 Å². The molecule has 0 aromatic carbocycles. The molecule has 0 unspecified atom stereocenters. The number of aromatic nitrogens is 2. The second kappa shape index (κ2) is 5.90. The van der Waals surface area contributed by atoms with Gasteiger partial charge in [-0.1, -0.05) is 11.6 Å². The van der Waals surface area contributed by atoms with Crippen LogP contribution in [-0.4, -0.2) is 65.8 Å². The van der Waals surface area contributed by atoms with Gasteiger partial charge < -0.3 is 9.64 Å². The number of morpholine rings is 1. The van der Waals surface area contributed by atoms with Crippen molar-refractivity contribution in [3.63, 3.8) is 0 Å². The van der Waals surface area contributed by atoms with Crippen LogP contribution in [0.15, 0.2) is 0 Å². The first kappa shape index (κ1) is 14.3. The first-order valence-corrected chi connectivity index (χ1v) is 6.61. The minimum Gasteiger partial charge on any atom is -0.366 e. The summed E-state index contributed by atoms with van der Waals surface area (Å²) in [5, 5.41) is 7.71. The van der Waals surface area contributed by atoms with Gasteiger partial charge in [0.05, 0.1) is 23.0 Å². The van der Waals surface area contributed by atoms with Gasteiger partial charge in [-0.25, -0.2) is 0 Å². The Balaban J connectivity index is 1.98. The predicted octanol–water partition coefficient (Wildman–Crippen LogP) is 0.661. The van der Waals surface area contributed by atoms with E-state index in [4.69, 9.17) is 16.3 Å². The molecule has 2 heterocycles. The zero-order valence-electron chi connectivity index (χ0n) is 11.4. The van der Waals surface area contributed by atoms with Crippen molar-refractivity contribution in [2.45, 2.75) is 19.6 Å². The summed E-state index contributed by atoms with van der Waals surface area (Å²) in [6.07, 6.45) is -0.400. The summed E-state index contributed by atoms with van der Waals surface area (Å²) in [6.45, 7) is 4.41. The first-order valence-electron chi connectivity index (χ1n) is 6.23. The quantitative estimate of drug-likeness (QED) is 0.887. The fourth-order valence-electron chi connectivity index (χ4n) is 2.07. The van der Waals surface area contributed by atoms with E-state index in [0.29, 0.717) is 24.7 Å². The highest BCUT2D eigenvalue weighted by Crippen LogP contribution is 2.20. The van der Waals surface area contributed by atoms with Crippen LogP contribution in [0.3, 0.4) is 0 Å². The maximum absolute atomic E-state index is 11.9. The number of amides is 1. The molecule has 0 bridgehead atoms. The average Bonchev–Trinajstić information content (AvgIpc) is 2.70. The third-order valence-corrected chi connectivity index (χ3v) is 3.68. The maximum Gasteiger partial charge on any atom is 0.252 e. The Bertz CT molecular complexity index is 461. The standard InChI is InChI=1S/C12H19ClN4O2/c1-8-11(13)9(15-14-8)6-17-4-5-19-10(7-17)12(18)16(2)3/h10H,4-7H2,1-3H3,(H,14,15)/t10-/m1/s1. The molecule has 1 fully saturated rings. The SMILES string of the molecule is Cc1[nH]nc(CN2CCO[C@@H](C(=O)N(C)C)C2)c1Cl. The number of carbonyl (C=O) groups excluding carboxylic acids is 1. The fraction of sp³-hybridized carbons (Fsp3) is 0.667. The van der Waals surface area contributed by atoms with Crippen LogP contribution in [0.1, 0.15) is 11.4 Å². The van der Waals surface area contributed by atoms with Gasteiger partial charge >= 0.3 is 0 Å². The van der Waals surface area contributed by atoms with E-state index in [1.807, 2.05) is 6.92 Å². The number of nitrogens with one attached hydrogen (secondary N) is 1. The number of hydrogen-bond donors (Lipinski definition) is 1. The van der Waals surface area contributed by atoms with Crippen molar-refractivity contribution in [3.05, 3.63) is 16.4 Å². The lowest BCUT2D eigenvalue weighted by Crippen LogP contribution is -2.49. The highest BCUT2D eigenvalue weighted by molar-refractivity contribution is 6.31. The van der Waals surface area contributed by atoms with Gasteiger partial charge in [0.15, 0.2) is 0 Å². The van der Waals surface area contributed by atoms with E-state index in [9.17, 15) is 4.79 Å². The maximum atomic E-state index is 11.9. The summed E-state index contributed by atoms with van der Waals surface area (Å²) < 4.78 is 5.51. The molecular weight excluding hydrogens is 268 g/mol. The van der Waals surface area contributed by atoms with Crippen molar-refractivity contribution < 1.29 is 9.53 Å². The van der Waals surface area contributed by atoms with Crippen molar-refractivity contribution in [2.75, 3.05) is 33.8 Å². The molecule has 1 aliphatic heterocycles. The van der Waals surface area contributed by atoms with Gasteiger partial charge in [-0.3, -0.25) is 14.8 Å². The Morgan fingerprint density at radius 3 is 2.95 bits per heavy atom. The van der Waals surface area contributed by atoms with Gasteiger partial charge in [-0.2, -0.15) is 5.10 Å². The van der Waals surface area contributed by atoms with Gasteiger partial charge in [0, 0.05) is 33.7 Å². The van der Waals surface area contributed by atoms with E-state index in [0.717, 1.165) is 17.9 Å². The third kappa shape index (κ3) is 3.26. The Labute approximate surface area is 117 Å². The summed E-state index contributed by atoms with van der Waals surface area (Å²) in [4.78, 5) is 15.6. The second-order valence-corrected chi connectivity index (χ2v) is 5.31. The molecule has 2 rings (SSSR count). The molecule has 7 heteroatoms. The van der Waals surface area contributed by atoms with Crippen molar-refractivity contribution in [1.82, 2.24) is 20.0 Å². The van der Waals surface area contributed by atoms with E-state index < -0.39 is 6.10 Å². The molecule has 1 saturated heterocycles. The summed E-state index contributed by atoms with van der Waals surface area (Å²) in [5.74, 6) is -0.00555. The van der Waals surface area contributed by atoms with Crippen LogP contribution in [0.2, 0.25) is 5.02 Å². The van der Waals surface area contributed by atoms with Crippen LogP contribution in [0.25, 0.3) is 0 Å². The molecular formula is C12H19ClN4O2. The van der Waals surface area contributed by atoms with E-state index in [-0.39, 0.29) is 5.91 Å². The van der Waals surface area contributed by atoms with Gasteiger partial charge in [-0.15, -0.1) is 0 Å². The topological polar surface area (TPSA) is 61.5 Å². The summed E-state index contributed by atoms with van der Waals surface area (Å²) in [6, 6.07) is 0. The molecule has 0 saturated carbocycles. The number of rotatable bonds is 3. The minimum atomic E-state index is -0.400. The van der Waals surface area contributed by atoms with Crippen LogP contribution >= 0.6 is 11.6 Å². The predicted molar refractivity (Wildman–Crippen MR) is 72.0 cm³/mol. The van der Waals surface area contributed by atoms with Gasteiger partial charge in [0.2, 0.25) is 0 Å². The highest BCUT2D eigenvalue weighted by Gasteiger charge is 2.28. The van der Waals surface area contributed by atoms with Crippen LogP contribution in [-0.2, 0) is 16.1 Å². The zero-order chi connectivity index (χ0) is 14.0. The van der Waals surface area contributed by atoms with E-state index in [2.05, 4.69) is 15.1 Å². The number of ether oxygens (including phenoxy) is 1. The first-order chi connectivity index (χ1) is 8.99. The van der Waals surface area contributed by atoms with Crippen molar-refractivity contribution in [3.8, 4) is 0 Å². The molecule has 1 aliphatic rings. The van der Waals surface area contributed by atoms with Crippen molar-refractivity contribution >= 4 is 17.5 Å². The number of aromatic amines is 1. The number of carbonyl (C=O) groups is 1. The van der Waals surface area contributed by atoms with Gasteiger partial charge in [0.25, 0.3) is 5.91 Å². The molecule has 1 aromatic heterocycles. The third-order valence-electron chi connectivity index (χ3n) is 3.18. The molecule has 1 amide bonds. The molecule has 1 aromatic rings. The lowest BCUT2D eigenvalue weighted by Gasteiger charge is -2.32. The zero-order valence-corrected chi connectivity index (χ0v) is 12.2. The molecule has 106 valence electrons. The van der Waals surface area contributed by atoms with Crippen molar-refractivity contribution in [2.24, 2.45) is 0 Å². The smallest absolute Gasteiger partial charge is 0.252 e.